The quantitative estimate of drug-likeness (QED) is 0.601. The van der Waals surface area contributed by atoms with Crippen LogP contribution < -0.4 is 4.74 Å². The van der Waals surface area contributed by atoms with E-state index in [-0.39, 0.29) is 23.7 Å². The lowest BCUT2D eigenvalue weighted by atomic mass is 10.1. The third-order valence-electron chi connectivity index (χ3n) is 4.03. The van der Waals surface area contributed by atoms with Gasteiger partial charge in [0.25, 0.3) is 0 Å². The van der Waals surface area contributed by atoms with E-state index in [0.717, 1.165) is 16.8 Å². The second-order valence-corrected chi connectivity index (χ2v) is 5.88. The molecule has 9 heteroatoms. The number of hydrogen-bond acceptors (Lipinski definition) is 5. The molecule has 3 aromatic rings. The van der Waals surface area contributed by atoms with E-state index in [0.29, 0.717) is 11.1 Å². The van der Waals surface area contributed by atoms with Crippen molar-refractivity contribution in [3.63, 3.8) is 0 Å². The van der Waals surface area contributed by atoms with Crippen molar-refractivity contribution in [3.05, 3.63) is 77.1 Å². The summed E-state index contributed by atoms with van der Waals surface area (Å²) in [5, 5.41) is 13.1. The number of carbonyl (C=O) groups is 1. The van der Waals surface area contributed by atoms with Crippen LogP contribution >= 0.6 is 0 Å². The Bertz CT molecular complexity index is 1080. The maximum Gasteiger partial charge on any atom is 0.416 e. The van der Waals surface area contributed by atoms with Gasteiger partial charge in [-0.15, -0.1) is 0 Å². The summed E-state index contributed by atoms with van der Waals surface area (Å²) in [6.45, 7) is -0.165. The molecule has 0 radical (unpaired) electrons. The molecule has 6 nitrogen and oxygen atoms in total. The number of methoxy groups -OCH3 is 1. The molecule has 3 rings (SSSR count). The first-order chi connectivity index (χ1) is 13.8. The fourth-order valence-electron chi connectivity index (χ4n) is 2.57. The largest absolute Gasteiger partial charge is 0.493 e. The smallest absolute Gasteiger partial charge is 0.416 e. The lowest BCUT2D eigenvalue weighted by Gasteiger charge is -2.08. The van der Waals surface area contributed by atoms with E-state index in [9.17, 15) is 18.0 Å². The van der Waals surface area contributed by atoms with E-state index in [1.165, 1.54) is 25.4 Å². The Morgan fingerprint density at radius 2 is 1.97 bits per heavy atom. The monoisotopic (exact) mass is 401 g/mol. The zero-order valence-electron chi connectivity index (χ0n) is 15.1. The molecule has 148 valence electrons. The number of nitriles is 1. The molecular formula is C20H14F3N3O3. The Morgan fingerprint density at radius 3 is 2.66 bits per heavy atom. The van der Waals surface area contributed by atoms with Gasteiger partial charge in [-0.3, -0.25) is 0 Å². The first-order valence-corrected chi connectivity index (χ1v) is 8.30. The van der Waals surface area contributed by atoms with Crippen molar-refractivity contribution in [2.45, 2.75) is 12.8 Å². The van der Waals surface area contributed by atoms with Gasteiger partial charge in [0.1, 0.15) is 6.61 Å². The molecule has 0 aliphatic carbocycles. The molecule has 0 saturated heterocycles. The molecule has 1 heterocycles. The van der Waals surface area contributed by atoms with Crippen molar-refractivity contribution in [1.29, 1.82) is 5.26 Å². The fraction of sp³-hybridized carbons (Fsp3) is 0.150. The van der Waals surface area contributed by atoms with Gasteiger partial charge in [0.05, 0.1) is 36.2 Å². The van der Waals surface area contributed by atoms with Gasteiger partial charge in [-0.2, -0.15) is 23.5 Å². The van der Waals surface area contributed by atoms with Crippen LogP contribution in [-0.4, -0.2) is 22.9 Å². The zero-order chi connectivity index (χ0) is 21.0. The standard InChI is InChI=1S/C20H14F3N3O3/c1-28-17-11-26(16-8-4-7-15(9-16)20(21,22)23)25-18(17)19(27)29-12-14-6-3-2-5-13(14)10-24/h2-9,11H,12H2,1H3. The van der Waals surface area contributed by atoms with Gasteiger partial charge >= 0.3 is 12.1 Å². The van der Waals surface area contributed by atoms with Crippen molar-refractivity contribution in [2.75, 3.05) is 7.11 Å². The number of aromatic nitrogens is 2. The number of rotatable bonds is 5. The highest BCUT2D eigenvalue weighted by Gasteiger charge is 2.31. The number of alkyl halides is 3. The molecule has 0 atom stereocenters. The predicted molar refractivity (Wildman–Crippen MR) is 95.4 cm³/mol. The summed E-state index contributed by atoms with van der Waals surface area (Å²) in [7, 11) is 1.30. The Morgan fingerprint density at radius 1 is 1.21 bits per heavy atom. The summed E-state index contributed by atoms with van der Waals surface area (Å²) >= 11 is 0. The molecule has 0 unspecified atom stereocenters. The first kappa shape index (κ1) is 19.9. The molecule has 0 aliphatic rings. The number of hydrogen-bond donors (Lipinski definition) is 0. The SMILES string of the molecule is COc1cn(-c2cccc(C(F)(F)F)c2)nc1C(=O)OCc1ccccc1C#N. The topological polar surface area (TPSA) is 77.1 Å². The van der Waals surface area contributed by atoms with Crippen molar-refractivity contribution < 1.29 is 27.4 Å². The second kappa shape index (κ2) is 8.06. The lowest BCUT2D eigenvalue weighted by molar-refractivity contribution is -0.137. The molecule has 0 aliphatic heterocycles. The minimum Gasteiger partial charge on any atom is -0.493 e. The molecule has 0 bridgehead atoms. The molecule has 0 amide bonds. The van der Waals surface area contributed by atoms with Crippen LogP contribution in [0.3, 0.4) is 0 Å². The van der Waals surface area contributed by atoms with Crippen LogP contribution in [-0.2, 0) is 17.5 Å². The van der Waals surface area contributed by atoms with Gasteiger partial charge < -0.3 is 9.47 Å². The van der Waals surface area contributed by atoms with Gasteiger partial charge in [0.15, 0.2) is 5.75 Å². The van der Waals surface area contributed by atoms with Gasteiger partial charge in [0, 0.05) is 5.56 Å². The predicted octanol–water partition coefficient (Wildman–Crippen LogP) is 4.13. The molecule has 29 heavy (non-hydrogen) atoms. The minimum atomic E-state index is -4.51. The Balaban J connectivity index is 1.85. The summed E-state index contributed by atoms with van der Waals surface area (Å²) in [6.07, 6.45) is -3.22. The number of ether oxygens (including phenoxy) is 2. The van der Waals surface area contributed by atoms with E-state index in [1.54, 1.807) is 24.3 Å². The number of halogens is 3. The van der Waals surface area contributed by atoms with Gasteiger partial charge in [0.2, 0.25) is 5.69 Å². The Hall–Kier alpha value is -3.80. The summed E-state index contributed by atoms with van der Waals surface area (Å²) in [5.41, 5.74) is -0.0607. The molecule has 2 aromatic carbocycles. The van der Waals surface area contributed by atoms with Crippen LogP contribution in [0.15, 0.2) is 54.7 Å². The van der Waals surface area contributed by atoms with Crippen LogP contribution in [0.5, 0.6) is 5.75 Å². The number of esters is 1. The summed E-state index contributed by atoms with van der Waals surface area (Å²) in [5.74, 6) is -0.790. The van der Waals surface area contributed by atoms with Crippen molar-refractivity contribution in [2.24, 2.45) is 0 Å². The fourth-order valence-corrected chi connectivity index (χ4v) is 2.57. The summed E-state index contributed by atoms with van der Waals surface area (Å²) in [4.78, 5) is 12.4. The number of benzene rings is 2. The summed E-state index contributed by atoms with van der Waals surface area (Å²) < 4.78 is 50.2. The van der Waals surface area contributed by atoms with Crippen LogP contribution in [0.4, 0.5) is 13.2 Å². The number of nitrogens with zero attached hydrogens (tertiary/aromatic N) is 3. The maximum absolute atomic E-state index is 12.9. The molecule has 0 saturated carbocycles. The van der Waals surface area contributed by atoms with Crippen LogP contribution in [0.25, 0.3) is 5.69 Å². The van der Waals surface area contributed by atoms with Crippen LogP contribution in [0.1, 0.15) is 27.2 Å². The van der Waals surface area contributed by atoms with Gasteiger partial charge in [-0.1, -0.05) is 24.3 Å². The molecular weight excluding hydrogens is 387 g/mol. The lowest BCUT2D eigenvalue weighted by Crippen LogP contribution is -2.09. The zero-order valence-corrected chi connectivity index (χ0v) is 15.1. The average Bonchev–Trinajstić information content (AvgIpc) is 3.16. The van der Waals surface area contributed by atoms with E-state index >= 15 is 0 Å². The molecule has 0 N–H and O–H groups in total. The van der Waals surface area contributed by atoms with Crippen LogP contribution in [0.2, 0.25) is 0 Å². The minimum absolute atomic E-state index is 0.0426. The van der Waals surface area contributed by atoms with E-state index in [4.69, 9.17) is 14.7 Å². The van der Waals surface area contributed by atoms with E-state index in [1.807, 2.05) is 6.07 Å². The second-order valence-electron chi connectivity index (χ2n) is 5.88. The molecule has 0 fully saturated rings. The first-order valence-electron chi connectivity index (χ1n) is 8.30. The highest BCUT2D eigenvalue weighted by molar-refractivity contribution is 5.90. The summed E-state index contributed by atoms with van der Waals surface area (Å²) in [6, 6.07) is 13.1. The van der Waals surface area contributed by atoms with Gasteiger partial charge in [-0.05, 0) is 24.3 Å². The highest BCUT2D eigenvalue weighted by atomic mass is 19.4. The molecule has 1 aromatic heterocycles. The van der Waals surface area contributed by atoms with Crippen molar-refractivity contribution in [3.8, 4) is 17.5 Å². The van der Waals surface area contributed by atoms with Crippen molar-refractivity contribution >= 4 is 5.97 Å². The Labute approximate surface area is 163 Å². The van der Waals surface area contributed by atoms with Crippen molar-refractivity contribution in [1.82, 2.24) is 9.78 Å². The van der Waals surface area contributed by atoms with E-state index in [2.05, 4.69) is 5.10 Å². The highest BCUT2D eigenvalue weighted by Crippen LogP contribution is 2.31. The van der Waals surface area contributed by atoms with E-state index < -0.39 is 17.7 Å². The third-order valence-corrected chi connectivity index (χ3v) is 4.03. The maximum atomic E-state index is 12.9. The Kier molecular flexibility index (Phi) is 5.54. The number of carbonyl (C=O) groups excluding carboxylic acids is 1. The van der Waals surface area contributed by atoms with Crippen LogP contribution in [0, 0.1) is 11.3 Å². The third kappa shape index (κ3) is 4.38. The van der Waals surface area contributed by atoms with Gasteiger partial charge in [-0.25, -0.2) is 9.48 Å². The average molecular weight is 401 g/mol. The normalized spacial score (nSPS) is 11.0. The molecule has 0 spiro atoms.